The van der Waals surface area contributed by atoms with Gasteiger partial charge in [-0.3, -0.25) is 0 Å². The molecule has 0 N–H and O–H groups in total. The van der Waals surface area contributed by atoms with Crippen LogP contribution in [0.3, 0.4) is 0 Å². The molecular weight excluding hydrogens is 559 g/mol. The van der Waals surface area contributed by atoms with Crippen molar-refractivity contribution in [3.63, 3.8) is 0 Å². The number of hydrogen-bond donors (Lipinski definition) is 0. The molecule has 1 aromatic rings. The van der Waals surface area contributed by atoms with Gasteiger partial charge in [0.1, 0.15) is 0 Å². The minimum absolute atomic E-state index is 0.0932. The number of rotatable bonds is 18. The van der Waals surface area contributed by atoms with Gasteiger partial charge in [0, 0.05) is 0 Å². The Morgan fingerprint density at radius 1 is 0.914 bits per heavy atom. The standard InChI is InChI=1S/C18H29O3S.3C4H9.Sn/c1-5-7-8-14(6-2)10-19-15-9-16(22-11-15)17-20-12-18(3,4)13-21-17;3*1-3-4-2;/h9,14,17H,5-8,10,12-13H2,1-4H3;3*1,3-4H2,2H3;. The van der Waals surface area contributed by atoms with Crippen molar-refractivity contribution in [3.8, 4) is 5.75 Å². The van der Waals surface area contributed by atoms with Gasteiger partial charge in [-0.2, -0.15) is 0 Å². The van der Waals surface area contributed by atoms with Crippen molar-refractivity contribution in [1.82, 2.24) is 0 Å². The molecule has 0 radical (unpaired) electrons. The molecule has 1 unspecified atom stereocenters. The van der Waals surface area contributed by atoms with Crippen molar-refractivity contribution in [2.45, 2.75) is 132 Å². The van der Waals surface area contributed by atoms with Crippen LogP contribution in [0.4, 0.5) is 0 Å². The summed E-state index contributed by atoms with van der Waals surface area (Å²) in [7, 11) is 0. The Bertz CT molecular complexity index is 670. The quantitative estimate of drug-likeness (QED) is 0.154. The van der Waals surface area contributed by atoms with Crippen LogP contribution in [0.15, 0.2) is 6.07 Å². The summed E-state index contributed by atoms with van der Waals surface area (Å²) in [5, 5.41) is 0. The van der Waals surface area contributed by atoms with Gasteiger partial charge < -0.3 is 0 Å². The zero-order valence-corrected chi connectivity index (χ0v) is 27.8. The molecule has 204 valence electrons. The molecule has 0 spiro atoms. The molecule has 2 rings (SSSR count). The van der Waals surface area contributed by atoms with Gasteiger partial charge in [-0.25, -0.2) is 0 Å². The number of thiophene rings is 1. The maximum absolute atomic E-state index is 6.80. The minimum atomic E-state index is -2.64. The van der Waals surface area contributed by atoms with Crippen LogP contribution >= 0.6 is 11.3 Å². The SMILES string of the molecule is CCCCC(CC)COc1cc(C2OCC(C)(C)CO2)s[c]1[Sn]([CH2]CCC)([CH2]CCC)[CH2]CCC. The molecule has 5 heteroatoms. The Kier molecular flexibility index (Phi) is 14.6. The fraction of sp³-hybridized carbons (Fsp3) is 0.867. The summed E-state index contributed by atoms with van der Waals surface area (Å²) in [6.45, 7) is 18.5. The number of unbranched alkanes of at least 4 members (excludes halogenated alkanes) is 4. The molecule has 1 saturated heterocycles. The summed E-state index contributed by atoms with van der Waals surface area (Å²) in [5.74, 6) is 1.87. The fourth-order valence-corrected chi connectivity index (χ4v) is 26.0. The molecule has 3 nitrogen and oxygen atoms in total. The summed E-state index contributed by atoms with van der Waals surface area (Å²) in [6.07, 6.45) is 12.8. The van der Waals surface area contributed by atoms with Gasteiger partial charge >= 0.3 is 227 Å². The van der Waals surface area contributed by atoms with E-state index in [4.69, 9.17) is 14.2 Å². The van der Waals surface area contributed by atoms with Crippen LogP contribution < -0.4 is 7.63 Å². The maximum atomic E-state index is 6.80. The first-order chi connectivity index (χ1) is 16.8. The molecule has 0 aliphatic carbocycles. The molecule has 0 bridgehead atoms. The molecular formula is C30H56O3SSn. The summed E-state index contributed by atoms with van der Waals surface area (Å²) in [5.41, 5.74) is 0.0932. The molecule has 2 heterocycles. The van der Waals surface area contributed by atoms with Crippen LogP contribution in [0.2, 0.25) is 13.3 Å². The fourth-order valence-electron chi connectivity index (χ4n) is 5.21. The second-order valence-electron chi connectivity index (χ2n) is 11.8. The molecule has 35 heavy (non-hydrogen) atoms. The monoisotopic (exact) mass is 616 g/mol. The van der Waals surface area contributed by atoms with Crippen molar-refractivity contribution in [2.75, 3.05) is 19.8 Å². The van der Waals surface area contributed by atoms with Gasteiger partial charge in [-0.1, -0.05) is 0 Å². The third-order valence-corrected chi connectivity index (χ3v) is 27.1. The van der Waals surface area contributed by atoms with Gasteiger partial charge in [0.25, 0.3) is 0 Å². The Hall–Kier alpha value is 0.219. The Morgan fingerprint density at radius 2 is 1.46 bits per heavy atom. The van der Waals surface area contributed by atoms with E-state index < -0.39 is 18.4 Å². The first kappa shape index (κ1) is 31.4. The third-order valence-electron chi connectivity index (χ3n) is 7.73. The average Bonchev–Trinajstić information content (AvgIpc) is 3.28. The van der Waals surface area contributed by atoms with Crippen molar-refractivity contribution >= 4 is 32.6 Å². The second-order valence-corrected chi connectivity index (χ2v) is 26.9. The zero-order chi connectivity index (χ0) is 25.7. The van der Waals surface area contributed by atoms with Crippen LogP contribution in [0, 0.1) is 11.3 Å². The van der Waals surface area contributed by atoms with E-state index in [0.717, 1.165) is 19.8 Å². The first-order valence-electron chi connectivity index (χ1n) is 14.8. The van der Waals surface area contributed by atoms with Gasteiger partial charge in [0.15, 0.2) is 0 Å². The van der Waals surface area contributed by atoms with Crippen LogP contribution in [0.1, 0.15) is 124 Å². The van der Waals surface area contributed by atoms with E-state index in [9.17, 15) is 0 Å². The van der Waals surface area contributed by atoms with Crippen molar-refractivity contribution in [1.29, 1.82) is 0 Å². The first-order valence-corrected chi connectivity index (χ1v) is 23.1. The van der Waals surface area contributed by atoms with E-state index in [1.165, 1.54) is 88.1 Å². The number of ether oxygens (including phenoxy) is 3. The van der Waals surface area contributed by atoms with Crippen LogP contribution in [0.25, 0.3) is 0 Å². The molecule has 1 aliphatic heterocycles. The van der Waals surface area contributed by atoms with E-state index in [1.54, 1.807) is 2.89 Å². The third kappa shape index (κ3) is 9.80. The van der Waals surface area contributed by atoms with Gasteiger partial charge in [-0.15, -0.1) is 0 Å². The summed E-state index contributed by atoms with van der Waals surface area (Å²) < 4.78 is 25.4. The van der Waals surface area contributed by atoms with Crippen molar-refractivity contribution in [2.24, 2.45) is 11.3 Å². The van der Waals surface area contributed by atoms with Gasteiger partial charge in [0.05, 0.1) is 0 Å². The molecule has 0 saturated carbocycles. The Balaban J connectivity index is 2.42. The topological polar surface area (TPSA) is 27.7 Å². The predicted molar refractivity (Wildman–Crippen MR) is 156 cm³/mol. The van der Waals surface area contributed by atoms with E-state index in [1.807, 2.05) is 11.3 Å². The summed E-state index contributed by atoms with van der Waals surface area (Å²) >= 11 is -0.620. The van der Waals surface area contributed by atoms with Gasteiger partial charge in [-0.05, 0) is 0 Å². The predicted octanol–water partition coefficient (Wildman–Crippen LogP) is 9.47. The summed E-state index contributed by atoms with van der Waals surface area (Å²) in [6, 6.07) is 2.34. The second kappa shape index (κ2) is 16.2. The van der Waals surface area contributed by atoms with Crippen LogP contribution in [0.5, 0.6) is 5.75 Å². The summed E-state index contributed by atoms with van der Waals surface area (Å²) in [4.78, 5) is 1.25. The Morgan fingerprint density at radius 3 is 1.94 bits per heavy atom. The normalized spacial score (nSPS) is 17.6. The van der Waals surface area contributed by atoms with Crippen LogP contribution in [-0.4, -0.2) is 38.2 Å². The zero-order valence-electron chi connectivity index (χ0n) is 24.2. The molecule has 1 aromatic heterocycles. The molecule has 1 fully saturated rings. The van der Waals surface area contributed by atoms with E-state index in [-0.39, 0.29) is 11.7 Å². The van der Waals surface area contributed by atoms with Gasteiger partial charge in [0.2, 0.25) is 0 Å². The van der Waals surface area contributed by atoms with E-state index in [0.29, 0.717) is 5.92 Å². The van der Waals surface area contributed by atoms with E-state index in [2.05, 4.69) is 54.5 Å². The van der Waals surface area contributed by atoms with E-state index >= 15 is 0 Å². The molecule has 1 atom stereocenters. The van der Waals surface area contributed by atoms with Crippen molar-refractivity contribution in [3.05, 3.63) is 10.9 Å². The molecule has 0 amide bonds. The Labute approximate surface area is 226 Å². The average molecular weight is 616 g/mol. The molecule has 1 aliphatic rings. The van der Waals surface area contributed by atoms with Crippen molar-refractivity contribution < 1.29 is 14.2 Å². The molecule has 0 aromatic carbocycles. The van der Waals surface area contributed by atoms with Crippen LogP contribution in [-0.2, 0) is 9.47 Å². The number of hydrogen-bond acceptors (Lipinski definition) is 4.